The molecule has 0 unspecified atom stereocenters. The van der Waals surface area contributed by atoms with Crippen molar-refractivity contribution >= 4 is 11.6 Å². The maximum Gasteiger partial charge on any atom is 0.253 e. The maximum atomic E-state index is 12.4. The number of hydrogen-bond acceptors (Lipinski definition) is 4. The number of aryl methyl sites for hydroxylation is 1. The quantitative estimate of drug-likeness (QED) is 0.850. The zero-order chi connectivity index (χ0) is 15.8. The predicted octanol–water partition coefficient (Wildman–Crippen LogP) is 1.04. The highest BCUT2D eigenvalue weighted by Crippen LogP contribution is 2.29. The number of carbonyl (C=O) groups is 1. The van der Waals surface area contributed by atoms with Crippen molar-refractivity contribution in [1.29, 1.82) is 0 Å². The Labute approximate surface area is 135 Å². The first-order chi connectivity index (χ1) is 11.2. The fourth-order valence-corrected chi connectivity index (χ4v) is 3.52. The van der Waals surface area contributed by atoms with E-state index in [2.05, 4.69) is 10.00 Å². The lowest BCUT2D eigenvalue weighted by molar-refractivity contribution is -0.130. The van der Waals surface area contributed by atoms with E-state index in [1.54, 1.807) is 0 Å². The smallest absolute Gasteiger partial charge is 0.253 e. The summed E-state index contributed by atoms with van der Waals surface area (Å²) in [4.78, 5) is 16.6. The number of hydrogen-bond donors (Lipinski definition) is 0. The lowest BCUT2D eigenvalue weighted by Gasteiger charge is -2.36. The van der Waals surface area contributed by atoms with Crippen molar-refractivity contribution in [2.75, 3.05) is 24.6 Å². The Bertz CT molecular complexity index is 700. The number of likely N-dealkylation sites (tertiary alicyclic amines) is 1. The Kier molecular flexibility index (Phi) is 3.63. The summed E-state index contributed by atoms with van der Waals surface area (Å²) < 4.78 is 7.68. The molecule has 1 aromatic heterocycles. The summed E-state index contributed by atoms with van der Waals surface area (Å²) in [5, 5.41) is 4.22. The molecule has 2 fully saturated rings. The van der Waals surface area contributed by atoms with E-state index in [9.17, 15) is 4.79 Å². The van der Waals surface area contributed by atoms with Crippen LogP contribution in [0.25, 0.3) is 0 Å². The minimum absolute atomic E-state index is 0.0415. The number of nitrogens with zero attached hydrogens (tertiary/aromatic N) is 4. The van der Waals surface area contributed by atoms with Crippen LogP contribution >= 0.6 is 0 Å². The van der Waals surface area contributed by atoms with Gasteiger partial charge in [-0.1, -0.05) is 18.2 Å². The van der Waals surface area contributed by atoms with Crippen molar-refractivity contribution in [3.8, 4) is 0 Å². The van der Waals surface area contributed by atoms with Gasteiger partial charge in [-0.15, -0.1) is 0 Å². The number of morpholine rings is 1. The second kappa shape index (κ2) is 5.79. The van der Waals surface area contributed by atoms with Gasteiger partial charge < -0.3 is 9.64 Å². The number of fused-ring (bicyclic) bond motifs is 1. The molecule has 0 aliphatic carbocycles. The van der Waals surface area contributed by atoms with Crippen LogP contribution in [0.15, 0.2) is 42.6 Å². The van der Waals surface area contributed by atoms with E-state index in [0.717, 1.165) is 25.3 Å². The predicted molar refractivity (Wildman–Crippen MR) is 85.9 cm³/mol. The molecule has 120 valence electrons. The average Bonchev–Trinajstić information content (AvgIpc) is 3.15. The Morgan fingerprint density at radius 2 is 2.04 bits per heavy atom. The minimum atomic E-state index is 0.0415. The molecular formula is C17H20N4O2. The molecule has 2 saturated heterocycles. The Morgan fingerprint density at radius 1 is 1.22 bits per heavy atom. The van der Waals surface area contributed by atoms with Crippen molar-refractivity contribution in [2.45, 2.75) is 18.7 Å². The molecule has 2 atom stereocenters. The number of aromatic nitrogens is 2. The number of amides is 1. The molecule has 0 radical (unpaired) electrons. The van der Waals surface area contributed by atoms with Crippen LogP contribution in [0.1, 0.15) is 5.69 Å². The monoisotopic (exact) mass is 312 g/mol. The molecule has 23 heavy (non-hydrogen) atoms. The Morgan fingerprint density at radius 3 is 2.78 bits per heavy atom. The number of carbonyl (C=O) groups excluding carboxylic acids is 1. The van der Waals surface area contributed by atoms with Crippen molar-refractivity contribution in [1.82, 2.24) is 14.7 Å². The normalized spacial score (nSPS) is 24.9. The van der Waals surface area contributed by atoms with E-state index in [1.807, 2.05) is 59.2 Å². The number of para-hydroxylation sites is 1. The largest absolute Gasteiger partial charge is 0.365 e. The van der Waals surface area contributed by atoms with Crippen LogP contribution in [0.3, 0.4) is 0 Å². The Hall–Kier alpha value is -2.18. The van der Waals surface area contributed by atoms with E-state index in [1.165, 1.54) is 5.69 Å². The third-order valence-electron chi connectivity index (χ3n) is 4.68. The summed E-state index contributed by atoms with van der Waals surface area (Å²) in [5.41, 5.74) is 2.12. The molecule has 1 amide bonds. The second-order valence-corrected chi connectivity index (χ2v) is 6.16. The van der Waals surface area contributed by atoms with Crippen molar-refractivity contribution < 1.29 is 9.53 Å². The van der Waals surface area contributed by atoms with Gasteiger partial charge in [-0.05, 0) is 18.2 Å². The summed E-state index contributed by atoms with van der Waals surface area (Å²) in [6, 6.07) is 12.0. The molecule has 3 heterocycles. The second-order valence-electron chi connectivity index (χ2n) is 6.16. The number of anilines is 1. The molecule has 2 aliphatic heterocycles. The highest BCUT2D eigenvalue weighted by molar-refractivity contribution is 5.95. The molecule has 0 saturated carbocycles. The first kappa shape index (κ1) is 14.4. The first-order valence-electron chi connectivity index (χ1n) is 7.90. The van der Waals surface area contributed by atoms with Crippen molar-refractivity contribution in [3.05, 3.63) is 48.3 Å². The summed E-state index contributed by atoms with van der Waals surface area (Å²) in [6.07, 6.45) is 1.88. The highest BCUT2D eigenvalue weighted by Gasteiger charge is 2.43. The maximum absolute atomic E-state index is 12.4. The molecule has 4 rings (SSSR count). The summed E-state index contributed by atoms with van der Waals surface area (Å²) in [7, 11) is 1.95. The van der Waals surface area contributed by atoms with Crippen molar-refractivity contribution in [2.24, 2.45) is 7.05 Å². The van der Waals surface area contributed by atoms with Crippen LogP contribution in [0.5, 0.6) is 0 Å². The van der Waals surface area contributed by atoms with E-state index in [0.29, 0.717) is 0 Å². The van der Waals surface area contributed by atoms with Crippen LogP contribution in [-0.2, 0) is 23.1 Å². The number of ether oxygens (including phenoxy) is 1. The van der Waals surface area contributed by atoms with E-state index < -0.39 is 0 Å². The molecule has 2 aliphatic rings. The SMILES string of the molecule is Cn1nccc1CN1C[C@@H]2OCC(=O)N(c3ccccc3)[C@H]2C1. The van der Waals surface area contributed by atoms with Crippen LogP contribution in [-0.4, -0.2) is 52.4 Å². The third-order valence-corrected chi connectivity index (χ3v) is 4.68. The lowest BCUT2D eigenvalue weighted by atomic mass is 10.1. The fourth-order valence-electron chi connectivity index (χ4n) is 3.52. The molecule has 1 aromatic carbocycles. The zero-order valence-corrected chi connectivity index (χ0v) is 13.1. The average molecular weight is 312 g/mol. The standard InChI is InChI=1S/C17H20N4O2/c1-19-14(7-8-18-19)9-20-10-15-16(11-20)23-12-17(22)21(15)13-5-3-2-4-6-13/h2-8,15-16H,9-12H2,1H3/t15-,16-/m0/s1. The van der Waals surface area contributed by atoms with Gasteiger partial charge in [-0.3, -0.25) is 14.4 Å². The van der Waals surface area contributed by atoms with Gasteiger partial charge in [0.25, 0.3) is 5.91 Å². The van der Waals surface area contributed by atoms with Gasteiger partial charge in [0.2, 0.25) is 0 Å². The summed E-state index contributed by atoms with van der Waals surface area (Å²) in [6.45, 7) is 2.64. The zero-order valence-electron chi connectivity index (χ0n) is 13.1. The molecule has 0 bridgehead atoms. The Balaban J connectivity index is 1.55. The van der Waals surface area contributed by atoms with Crippen LogP contribution in [0.2, 0.25) is 0 Å². The van der Waals surface area contributed by atoms with E-state index in [4.69, 9.17) is 4.74 Å². The van der Waals surface area contributed by atoms with Gasteiger partial charge >= 0.3 is 0 Å². The molecule has 6 nitrogen and oxygen atoms in total. The van der Waals surface area contributed by atoms with Crippen LogP contribution in [0.4, 0.5) is 5.69 Å². The van der Waals surface area contributed by atoms with Crippen LogP contribution in [0, 0.1) is 0 Å². The van der Waals surface area contributed by atoms with Crippen LogP contribution < -0.4 is 4.90 Å². The summed E-state index contributed by atoms with van der Waals surface area (Å²) in [5.74, 6) is 0.0415. The fraction of sp³-hybridized carbons (Fsp3) is 0.412. The van der Waals surface area contributed by atoms with Gasteiger partial charge in [0, 0.05) is 38.6 Å². The van der Waals surface area contributed by atoms with Gasteiger partial charge in [-0.25, -0.2) is 0 Å². The number of rotatable bonds is 3. The van der Waals surface area contributed by atoms with Gasteiger partial charge in [0.05, 0.1) is 17.8 Å². The van der Waals surface area contributed by atoms with Crippen molar-refractivity contribution in [3.63, 3.8) is 0 Å². The molecule has 2 aromatic rings. The highest BCUT2D eigenvalue weighted by atomic mass is 16.5. The van der Waals surface area contributed by atoms with Gasteiger partial charge in [-0.2, -0.15) is 5.10 Å². The lowest BCUT2D eigenvalue weighted by Crippen LogP contribution is -2.54. The molecule has 6 heteroatoms. The van der Waals surface area contributed by atoms with E-state index in [-0.39, 0.29) is 24.7 Å². The third kappa shape index (κ3) is 2.64. The molecular weight excluding hydrogens is 292 g/mol. The first-order valence-corrected chi connectivity index (χ1v) is 7.90. The molecule has 0 N–H and O–H groups in total. The van der Waals surface area contributed by atoms with Gasteiger partial charge in [0.1, 0.15) is 6.61 Å². The number of benzene rings is 1. The summed E-state index contributed by atoms with van der Waals surface area (Å²) >= 11 is 0. The van der Waals surface area contributed by atoms with Gasteiger partial charge in [0.15, 0.2) is 0 Å². The minimum Gasteiger partial charge on any atom is -0.365 e. The topological polar surface area (TPSA) is 50.6 Å². The van der Waals surface area contributed by atoms with E-state index >= 15 is 0 Å². The molecule has 0 spiro atoms.